The molecule has 1 aliphatic carbocycles. The highest BCUT2D eigenvalue weighted by molar-refractivity contribution is 7.92. The molecule has 14 heavy (non-hydrogen) atoms. The molecule has 0 heterocycles. The summed E-state index contributed by atoms with van der Waals surface area (Å²) in [6.07, 6.45) is 4.65. The molecule has 0 radical (unpaired) electrons. The molecule has 0 aromatic heterocycles. The Bertz CT molecular complexity index is 276. The number of hydrogen-bond donors (Lipinski definition) is 1. The van der Waals surface area contributed by atoms with Gasteiger partial charge in [0.1, 0.15) is 0 Å². The average Bonchev–Trinajstić information content (AvgIpc) is 2.18. The zero-order valence-electron chi connectivity index (χ0n) is 9.12. The first-order chi connectivity index (χ1) is 6.46. The fraction of sp³-hybridized carbons (Fsp3) is 1.00. The Morgan fingerprint density at radius 1 is 1.29 bits per heavy atom. The standard InChI is InChI=1S/C10H21NO2S/c1-3-14(12,13)10(9(2)11)7-5-4-6-8-10/h9H,3-8,11H2,1-2H3. The number of sulfone groups is 1. The Hall–Kier alpha value is -0.0900. The highest BCUT2D eigenvalue weighted by Crippen LogP contribution is 2.37. The maximum absolute atomic E-state index is 12.0. The van der Waals surface area contributed by atoms with Crippen molar-refractivity contribution in [1.29, 1.82) is 0 Å². The molecule has 0 amide bonds. The van der Waals surface area contributed by atoms with Gasteiger partial charge in [0.05, 0.1) is 4.75 Å². The fourth-order valence-electron chi connectivity index (χ4n) is 2.49. The van der Waals surface area contributed by atoms with E-state index in [9.17, 15) is 8.42 Å². The smallest absolute Gasteiger partial charge is 0.157 e. The molecule has 0 spiro atoms. The van der Waals surface area contributed by atoms with Crippen LogP contribution in [0.3, 0.4) is 0 Å². The Morgan fingerprint density at radius 3 is 2.14 bits per heavy atom. The zero-order valence-corrected chi connectivity index (χ0v) is 9.94. The topological polar surface area (TPSA) is 60.2 Å². The molecule has 0 saturated heterocycles. The second-order valence-electron chi connectivity index (χ2n) is 4.32. The Kier molecular flexibility index (Phi) is 3.58. The van der Waals surface area contributed by atoms with Crippen LogP contribution < -0.4 is 5.73 Å². The lowest BCUT2D eigenvalue weighted by Crippen LogP contribution is -2.53. The van der Waals surface area contributed by atoms with Crippen molar-refractivity contribution in [2.45, 2.75) is 56.7 Å². The molecule has 4 heteroatoms. The van der Waals surface area contributed by atoms with E-state index in [2.05, 4.69) is 0 Å². The zero-order chi connectivity index (χ0) is 10.8. The summed E-state index contributed by atoms with van der Waals surface area (Å²) < 4.78 is 23.5. The molecule has 1 fully saturated rings. The van der Waals surface area contributed by atoms with Crippen molar-refractivity contribution in [1.82, 2.24) is 0 Å². The third-order valence-corrected chi connectivity index (χ3v) is 6.31. The van der Waals surface area contributed by atoms with Gasteiger partial charge in [-0.25, -0.2) is 8.42 Å². The van der Waals surface area contributed by atoms with Gasteiger partial charge in [-0.05, 0) is 19.8 Å². The van der Waals surface area contributed by atoms with Gasteiger partial charge in [-0.1, -0.05) is 26.2 Å². The minimum atomic E-state index is -3.01. The van der Waals surface area contributed by atoms with Gasteiger partial charge in [0, 0.05) is 11.8 Å². The summed E-state index contributed by atoms with van der Waals surface area (Å²) in [6, 6.07) is -0.243. The largest absolute Gasteiger partial charge is 0.327 e. The van der Waals surface area contributed by atoms with Gasteiger partial charge < -0.3 is 5.73 Å². The van der Waals surface area contributed by atoms with E-state index >= 15 is 0 Å². The van der Waals surface area contributed by atoms with E-state index in [1.165, 1.54) is 0 Å². The first kappa shape index (κ1) is 12.0. The third-order valence-electron chi connectivity index (χ3n) is 3.53. The molecule has 0 aromatic carbocycles. The van der Waals surface area contributed by atoms with E-state index in [1.807, 2.05) is 6.92 Å². The molecule has 84 valence electrons. The molecule has 3 nitrogen and oxygen atoms in total. The van der Waals surface area contributed by atoms with Crippen molar-refractivity contribution in [2.75, 3.05) is 5.75 Å². The van der Waals surface area contributed by atoms with Crippen LogP contribution in [-0.4, -0.2) is 25.0 Å². The van der Waals surface area contributed by atoms with Gasteiger partial charge in [0.15, 0.2) is 9.84 Å². The van der Waals surface area contributed by atoms with Crippen LogP contribution >= 0.6 is 0 Å². The molecule has 1 unspecified atom stereocenters. The Balaban J connectivity index is 3.04. The van der Waals surface area contributed by atoms with E-state index in [4.69, 9.17) is 5.73 Å². The summed E-state index contributed by atoms with van der Waals surface area (Å²) in [5.74, 6) is 0.217. The molecule has 1 rings (SSSR count). The molecule has 0 bridgehead atoms. The second-order valence-corrected chi connectivity index (χ2v) is 6.94. The van der Waals surface area contributed by atoms with Crippen molar-refractivity contribution in [3.05, 3.63) is 0 Å². The number of nitrogens with two attached hydrogens (primary N) is 1. The first-order valence-corrected chi connectivity index (χ1v) is 7.09. The first-order valence-electron chi connectivity index (χ1n) is 5.44. The minimum absolute atomic E-state index is 0.217. The summed E-state index contributed by atoms with van der Waals surface area (Å²) in [7, 11) is -3.01. The van der Waals surface area contributed by atoms with Gasteiger partial charge >= 0.3 is 0 Å². The van der Waals surface area contributed by atoms with Gasteiger partial charge in [0.25, 0.3) is 0 Å². The lowest BCUT2D eigenvalue weighted by Gasteiger charge is -2.39. The van der Waals surface area contributed by atoms with Gasteiger partial charge in [-0.3, -0.25) is 0 Å². The minimum Gasteiger partial charge on any atom is -0.327 e. The van der Waals surface area contributed by atoms with Crippen LogP contribution in [0.1, 0.15) is 46.0 Å². The van der Waals surface area contributed by atoms with Crippen molar-refractivity contribution in [3.8, 4) is 0 Å². The molecule has 2 N–H and O–H groups in total. The van der Waals surface area contributed by atoms with E-state index < -0.39 is 14.6 Å². The summed E-state index contributed by atoms with van der Waals surface area (Å²) >= 11 is 0. The van der Waals surface area contributed by atoms with E-state index in [0.29, 0.717) is 0 Å². The normalized spacial score (nSPS) is 24.5. The van der Waals surface area contributed by atoms with Crippen molar-refractivity contribution >= 4 is 9.84 Å². The highest BCUT2D eigenvalue weighted by atomic mass is 32.2. The molecule has 1 aliphatic rings. The second kappa shape index (κ2) is 4.19. The van der Waals surface area contributed by atoms with Gasteiger partial charge in [-0.2, -0.15) is 0 Å². The van der Waals surface area contributed by atoms with Crippen LogP contribution in [0, 0.1) is 0 Å². The summed E-state index contributed by atoms with van der Waals surface area (Å²) in [5, 5.41) is 0. The quantitative estimate of drug-likeness (QED) is 0.782. The Labute approximate surface area is 87.0 Å². The van der Waals surface area contributed by atoms with Crippen LogP contribution in [-0.2, 0) is 9.84 Å². The van der Waals surface area contributed by atoms with Crippen LogP contribution in [0.4, 0.5) is 0 Å². The van der Waals surface area contributed by atoms with Crippen molar-refractivity contribution in [2.24, 2.45) is 5.73 Å². The molecule has 1 atom stereocenters. The van der Waals surface area contributed by atoms with Crippen LogP contribution in [0.5, 0.6) is 0 Å². The molecule has 0 aromatic rings. The van der Waals surface area contributed by atoms with E-state index in [1.54, 1.807) is 6.92 Å². The number of rotatable bonds is 3. The van der Waals surface area contributed by atoms with Gasteiger partial charge in [-0.15, -0.1) is 0 Å². The lowest BCUT2D eigenvalue weighted by atomic mass is 9.84. The van der Waals surface area contributed by atoms with Crippen LogP contribution in [0.15, 0.2) is 0 Å². The van der Waals surface area contributed by atoms with Crippen LogP contribution in [0.25, 0.3) is 0 Å². The predicted octanol–water partition coefficient (Wildman–Crippen LogP) is 1.47. The summed E-state index contributed by atoms with van der Waals surface area (Å²) in [5.41, 5.74) is 5.88. The van der Waals surface area contributed by atoms with Crippen molar-refractivity contribution in [3.63, 3.8) is 0 Å². The molecule has 1 saturated carbocycles. The summed E-state index contributed by atoms with van der Waals surface area (Å²) in [4.78, 5) is 0. The Morgan fingerprint density at radius 2 is 1.79 bits per heavy atom. The summed E-state index contributed by atoms with van der Waals surface area (Å²) in [6.45, 7) is 3.55. The maximum Gasteiger partial charge on any atom is 0.157 e. The van der Waals surface area contributed by atoms with Gasteiger partial charge in [0.2, 0.25) is 0 Å². The predicted molar refractivity (Wildman–Crippen MR) is 58.9 cm³/mol. The lowest BCUT2D eigenvalue weighted by molar-refractivity contribution is 0.334. The third kappa shape index (κ3) is 1.82. The SMILES string of the molecule is CCS(=O)(=O)C1(C(C)N)CCCCC1. The maximum atomic E-state index is 12.0. The molecule has 0 aliphatic heterocycles. The number of hydrogen-bond acceptors (Lipinski definition) is 3. The average molecular weight is 219 g/mol. The monoisotopic (exact) mass is 219 g/mol. The van der Waals surface area contributed by atoms with Crippen LogP contribution in [0.2, 0.25) is 0 Å². The highest BCUT2D eigenvalue weighted by Gasteiger charge is 2.46. The van der Waals surface area contributed by atoms with Crippen molar-refractivity contribution < 1.29 is 8.42 Å². The van der Waals surface area contributed by atoms with E-state index in [-0.39, 0.29) is 11.8 Å². The fourth-order valence-corrected chi connectivity index (χ4v) is 4.54. The van der Waals surface area contributed by atoms with E-state index in [0.717, 1.165) is 32.1 Å². The molecular formula is C10H21NO2S. The molecular weight excluding hydrogens is 198 g/mol.